The van der Waals surface area contributed by atoms with Crippen molar-refractivity contribution in [2.24, 2.45) is 5.92 Å². The molecule has 2 fully saturated rings. The molecule has 0 bridgehead atoms. The molecule has 1 saturated carbocycles. The lowest BCUT2D eigenvalue weighted by Gasteiger charge is -2.41. The van der Waals surface area contributed by atoms with Crippen LogP contribution in [0, 0.1) is 12.8 Å². The zero-order valence-electron chi connectivity index (χ0n) is 18.3. The lowest BCUT2D eigenvalue weighted by Crippen LogP contribution is -2.47. The lowest BCUT2D eigenvalue weighted by molar-refractivity contribution is 0.0583. The molecule has 30 heavy (non-hydrogen) atoms. The minimum absolute atomic E-state index is 0.136. The van der Waals surface area contributed by atoms with Crippen LogP contribution in [0.2, 0.25) is 0 Å². The molecule has 2 aromatic rings. The summed E-state index contributed by atoms with van der Waals surface area (Å²) < 4.78 is 0. The van der Waals surface area contributed by atoms with Crippen molar-refractivity contribution in [1.82, 2.24) is 14.8 Å². The van der Waals surface area contributed by atoms with Crippen LogP contribution in [0.1, 0.15) is 66.4 Å². The first-order valence-electron chi connectivity index (χ1n) is 11.7. The highest BCUT2D eigenvalue weighted by atomic mass is 16.2. The highest BCUT2D eigenvalue weighted by molar-refractivity contribution is 5.94. The number of pyridine rings is 1. The van der Waals surface area contributed by atoms with Gasteiger partial charge in [-0.25, -0.2) is 0 Å². The second-order valence-electron chi connectivity index (χ2n) is 9.21. The molecular formula is C26H35N3O. The Bertz CT molecular complexity index is 816. The van der Waals surface area contributed by atoms with Gasteiger partial charge in [0, 0.05) is 43.6 Å². The Morgan fingerprint density at radius 3 is 2.73 bits per heavy atom. The van der Waals surface area contributed by atoms with Crippen molar-refractivity contribution >= 4 is 5.91 Å². The molecule has 4 nitrogen and oxygen atoms in total. The topological polar surface area (TPSA) is 36.4 Å². The average Bonchev–Trinajstić information content (AvgIpc) is 2.80. The molecule has 1 amide bonds. The van der Waals surface area contributed by atoms with Crippen molar-refractivity contribution < 1.29 is 4.79 Å². The van der Waals surface area contributed by atoms with Crippen LogP contribution in [0.3, 0.4) is 0 Å². The maximum absolute atomic E-state index is 13.5. The Balaban J connectivity index is 1.48. The maximum Gasteiger partial charge on any atom is 0.254 e. The summed E-state index contributed by atoms with van der Waals surface area (Å²) in [6.07, 6.45) is 13.0. The third kappa shape index (κ3) is 5.48. The molecular weight excluding hydrogens is 370 g/mol. The van der Waals surface area contributed by atoms with E-state index in [1.807, 2.05) is 43.5 Å². The van der Waals surface area contributed by atoms with Crippen LogP contribution in [-0.2, 0) is 6.54 Å². The number of hydrogen-bond donors (Lipinski definition) is 0. The van der Waals surface area contributed by atoms with Gasteiger partial charge in [-0.1, -0.05) is 43.0 Å². The normalized spacial score (nSPS) is 20.8. The number of carbonyl (C=O) groups excluding carboxylic acids is 1. The maximum atomic E-state index is 13.5. The van der Waals surface area contributed by atoms with E-state index in [4.69, 9.17) is 0 Å². The van der Waals surface area contributed by atoms with E-state index in [-0.39, 0.29) is 5.91 Å². The molecule has 0 N–H and O–H groups in total. The molecule has 1 saturated heterocycles. The molecule has 1 aliphatic carbocycles. The number of likely N-dealkylation sites (tertiary alicyclic amines) is 1. The van der Waals surface area contributed by atoms with E-state index < -0.39 is 0 Å². The van der Waals surface area contributed by atoms with Crippen LogP contribution in [0.5, 0.6) is 0 Å². The van der Waals surface area contributed by atoms with Crippen molar-refractivity contribution in [1.29, 1.82) is 0 Å². The summed E-state index contributed by atoms with van der Waals surface area (Å²) in [5.74, 6) is 0.684. The average molecular weight is 406 g/mol. The van der Waals surface area contributed by atoms with Crippen molar-refractivity contribution in [2.75, 3.05) is 19.6 Å². The largest absolute Gasteiger partial charge is 0.334 e. The molecule has 1 aromatic heterocycles. The fourth-order valence-electron chi connectivity index (χ4n) is 5.23. The molecule has 1 aromatic carbocycles. The predicted octanol–water partition coefficient (Wildman–Crippen LogP) is 5.08. The van der Waals surface area contributed by atoms with Gasteiger partial charge >= 0.3 is 0 Å². The summed E-state index contributed by atoms with van der Waals surface area (Å²) in [7, 11) is 0. The Morgan fingerprint density at radius 2 is 1.97 bits per heavy atom. The van der Waals surface area contributed by atoms with E-state index in [0.717, 1.165) is 35.8 Å². The molecule has 1 atom stereocenters. The molecule has 4 rings (SSSR count). The van der Waals surface area contributed by atoms with Crippen molar-refractivity contribution in [2.45, 2.75) is 64.5 Å². The second kappa shape index (κ2) is 10.2. The van der Waals surface area contributed by atoms with Crippen LogP contribution >= 0.6 is 0 Å². The van der Waals surface area contributed by atoms with Crippen LogP contribution in [0.15, 0.2) is 48.8 Å². The van der Waals surface area contributed by atoms with Gasteiger partial charge in [0.15, 0.2) is 0 Å². The van der Waals surface area contributed by atoms with Gasteiger partial charge in [-0.2, -0.15) is 0 Å². The molecule has 2 aliphatic rings. The number of piperidine rings is 1. The predicted molar refractivity (Wildman–Crippen MR) is 121 cm³/mol. The lowest BCUT2D eigenvalue weighted by atomic mass is 9.90. The number of carbonyl (C=O) groups is 1. The van der Waals surface area contributed by atoms with Gasteiger partial charge in [0.1, 0.15) is 0 Å². The van der Waals surface area contributed by atoms with Crippen molar-refractivity contribution in [3.05, 3.63) is 65.5 Å². The van der Waals surface area contributed by atoms with Gasteiger partial charge in [-0.05, 0) is 68.8 Å². The number of rotatable bonds is 6. The fourth-order valence-corrected chi connectivity index (χ4v) is 5.23. The van der Waals surface area contributed by atoms with Crippen LogP contribution in [-0.4, -0.2) is 46.4 Å². The van der Waals surface area contributed by atoms with Gasteiger partial charge in [0.05, 0.1) is 0 Å². The van der Waals surface area contributed by atoms with E-state index in [2.05, 4.69) is 20.9 Å². The summed E-state index contributed by atoms with van der Waals surface area (Å²) in [6, 6.07) is 12.8. The van der Waals surface area contributed by atoms with Gasteiger partial charge < -0.3 is 9.80 Å². The zero-order valence-corrected chi connectivity index (χ0v) is 18.3. The Kier molecular flexibility index (Phi) is 7.16. The first kappa shape index (κ1) is 21.0. The van der Waals surface area contributed by atoms with Gasteiger partial charge in [0.2, 0.25) is 0 Å². The quantitative estimate of drug-likeness (QED) is 0.673. The highest BCUT2D eigenvalue weighted by Crippen LogP contribution is 2.28. The summed E-state index contributed by atoms with van der Waals surface area (Å²) in [6.45, 7) is 5.86. The zero-order chi connectivity index (χ0) is 20.8. The van der Waals surface area contributed by atoms with E-state index in [0.29, 0.717) is 12.5 Å². The highest BCUT2D eigenvalue weighted by Gasteiger charge is 2.29. The fraction of sp³-hybridized carbons (Fsp3) is 0.538. The minimum atomic E-state index is 0.136. The molecule has 0 spiro atoms. The van der Waals surface area contributed by atoms with E-state index in [9.17, 15) is 4.79 Å². The van der Waals surface area contributed by atoms with E-state index >= 15 is 0 Å². The minimum Gasteiger partial charge on any atom is -0.334 e. The molecule has 0 radical (unpaired) electrons. The number of hydrogen-bond acceptors (Lipinski definition) is 3. The van der Waals surface area contributed by atoms with Crippen LogP contribution < -0.4 is 0 Å². The van der Waals surface area contributed by atoms with Crippen molar-refractivity contribution in [3.63, 3.8) is 0 Å². The molecule has 4 heteroatoms. The standard InChI is InChI=1S/C26H35N3O/c1-21-8-5-11-24(16-21)26(30)29(18-22-9-6-14-27-17-22)20-23-10-7-15-28(19-23)25-12-3-2-4-13-25/h5-6,8-9,11,14,16-17,23,25H,2-4,7,10,12-13,15,18-20H2,1H3. The molecule has 2 heterocycles. The van der Waals surface area contributed by atoms with Gasteiger partial charge in [0.25, 0.3) is 5.91 Å². The van der Waals surface area contributed by atoms with E-state index in [1.54, 1.807) is 6.20 Å². The van der Waals surface area contributed by atoms with Crippen molar-refractivity contribution in [3.8, 4) is 0 Å². The SMILES string of the molecule is Cc1cccc(C(=O)N(Cc2cccnc2)CC2CCCN(C3CCCCC3)C2)c1. The summed E-state index contributed by atoms with van der Waals surface area (Å²) in [5, 5.41) is 0. The Hall–Kier alpha value is -2.20. The third-order valence-electron chi connectivity index (χ3n) is 6.77. The number of aryl methyl sites for hydroxylation is 1. The van der Waals surface area contributed by atoms with Crippen LogP contribution in [0.25, 0.3) is 0 Å². The molecule has 1 aliphatic heterocycles. The number of amides is 1. The number of benzene rings is 1. The smallest absolute Gasteiger partial charge is 0.254 e. The first-order chi connectivity index (χ1) is 14.7. The molecule has 160 valence electrons. The Labute approximate surface area is 181 Å². The summed E-state index contributed by atoms with van der Waals surface area (Å²) in [5.41, 5.74) is 3.01. The third-order valence-corrected chi connectivity index (χ3v) is 6.77. The second-order valence-corrected chi connectivity index (χ2v) is 9.21. The van der Waals surface area contributed by atoms with E-state index in [1.165, 1.54) is 51.5 Å². The molecule has 1 unspecified atom stereocenters. The number of nitrogens with zero attached hydrogens (tertiary/aromatic N) is 3. The monoisotopic (exact) mass is 405 g/mol. The van der Waals surface area contributed by atoms with Gasteiger partial charge in [-0.3, -0.25) is 9.78 Å². The first-order valence-corrected chi connectivity index (χ1v) is 11.7. The summed E-state index contributed by atoms with van der Waals surface area (Å²) >= 11 is 0. The summed E-state index contributed by atoms with van der Waals surface area (Å²) in [4.78, 5) is 22.5. The van der Waals surface area contributed by atoms with Crippen LogP contribution in [0.4, 0.5) is 0 Å². The number of aromatic nitrogens is 1. The van der Waals surface area contributed by atoms with Gasteiger partial charge in [-0.15, -0.1) is 0 Å². The Morgan fingerprint density at radius 1 is 1.10 bits per heavy atom.